The first kappa shape index (κ1) is 15.6. The van der Waals surface area contributed by atoms with Crippen LogP contribution in [0.15, 0.2) is 23.2 Å². The molecule has 0 amide bonds. The van der Waals surface area contributed by atoms with E-state index in [-0.39, 0.29) is 5.82 Å². The minimum Gasteiger partial charge on any atom is -0.370 e. The summed E-state index contributed by atoms with van der Waals surface area (Å²) in [7, 11) is 0. The normalized spacial score (nSPS) is 16.7. The Balaban J connectivity index is 2.31. The van der Waals surface area contributed by atoms with E-state index in [9.17, 15) is 4.39 Å². The lowest BCUT2D eigenvalue weighted by Crippen LogP contribution is -2.32. The number of nitrogens with zero attached hydrogens (tertiary/aromatic N) is 3. The average Bonchev–Trinajstić information content (AvgIpc) is 2.48. The Labute approximate surface area is 129 Å². The molecule has 1 aromatic rings. The van der Waals surface area contributed by atoms with Crippen molar-refractivity contribution in [2.75, 3.05) is 24.2 Å². The minimum atomic E-state index is -0.319. The minimum absolute atomic E-state index is 0.319. The Kier molecular flexibility index (Phi) is 5.45. The highest BCUT2D eigenvalue weighted by atomic mass is 32.2. The highest BCUT2D eigenvalue weighted by Crippen LogP contribution is 2.33. The second-order valence-corrected chi connectivity index (χ2v) is 5.96. The van der Waals surface area contributed by atoms with Crippen molar-refractivity contribution >= 4 is 28.3 Å². The van der Waals surface area contributed by atoms with Crippen LogP contribution in [0.25, 0.3) is 0 Å². The van der Waals surface area contributed by atoms with Gasteiger partial charge in [0, 0.05) is 19.2 Å². The molecule has 4 nitrogen and oxygen atoms in total. The van der Waals surface area contributed by atoms with E-state index in [1.54, 1.807) is 6.07 Å². The first-order valence-corrected chi connectivity index (χ1v) is 8.18. The molecule has 2 rings (SSSR count). The summed E-state index contributed by atoms with van der Waals surface area (Å²) in [5.74, 6) is 0.413. The zero-order valence-corrected chi connectivity index (χ0v) is 13.1. The summed E-state index contributed by atoms with van der Waals surface area (Å²) in [5.41, 5.74) is 1.49. The molecule has 0 saturated carbocycles. The molecule has 21 heavy (non-hydrogen) atoms. The molecule has 1 heterocycles. The van der Waals surface area contributed by atoms with Gasteiger partial charge in [-0.05, 0) is 37.1 Å². The fourth-order valence-corrected chi connectivity index (χ4v) is 2.72. The summed E-state index contributed by atoms with van der Waals surface area (Å²) in [6, 6.07) is 4.65. The van der Waals surface area contributed by atoms with Gasteiger partial charge in [0.25, 0.3) is 0 Å². The number of nitrogens with one attached hydrogen (secondary N) is 1. The van der Waals surface area contributed by atoms with Crippen LogP contribution in [0.2, 0.25) is 0 Å². The maximum absolute atomic E-state index is 13.5. The maximum Gasteiger partial charge on any atom is 0.183 e. The van der Waals surface area contributed by atoms with Gasteiger partial charge in [-0.25, -0.2) is 9.38 Å². The Morgan fingerprint density at radius 3 is 2.81 bits per heavy atom. The van der Waals surface area contributed by atoms with Crippen molar-refractivity contribution in [2.24, 2.45) is 10.9 Å². The predicted octanol–water partition coefficient (Wildman–Crippen LogP) is 3.48. The molecular weight excluding hydrogens is 287 g/mol. The molecule has 1 aromatic carbocycles. The van der Waals surface area contributed by atoms with E-state index in [0.717, 1.165) is 37.5 Å². The third-order valence-corrected chi connectivity index (χ3v) is 4.22. The molecule has 0 bridgehead atoms. The number of piperidine rings is 1. The van der Waals surface area contributed by atoms with Gasteiger partial charge in [-0.2, -0.15) is 5.26 Å². The number of hydrogen-bond donors (Lipinski definition) is 1. The second kappa shape index (κ2) is 7.32. The number of nitriles is 1. The molecule has 0 radical (unpaired) electrons. The number of aliphatic imine (C=N–C) groups is 1. The molecule has 0 spiro atoms. The van der Waals surface area contributed by atoms with Crippen molar-refractivity contribution in [3.05, 3.63) is 24.0 Å². The number of anilines is 1. The first-order chi connectivity index (χ1) is 10.1. The summed E-state index contributed by atoms with van der Waals surface area (Å²) in [6.07, 6.45) is 5.94. The van der Waals surface area contributed by atoms with Crippen LogP contribution >= 0.6 is 11.8 Å². The molecule has 1 N–H and O–H groups in total. The van der Waals surface area contributed by atoms with Gasteiger partial charge in [-0.15, -0.1) is 0 Å². The van der Waals surface area contributed by atoms with Crippen LogP contribution in [0, 0.1) is 23.2 Å². The topological polar surface area (TPSA) is 51.4 Å². The van der Waals surface area contributed by atoms with E-state index in [4.69, 9.17) is 5.26 Å². The zero-order chi connectivity index (χ0) is 15.2. The van der Waals surface area contributed by atoms with E-state index in [1.165, 1.54) is 23.9 Å². The Morgan fingerprint density at radius 1 is 1.48 bits per heavy atom. The van der Waals surface area contributed by atoms with Gasteiger partial charge in [-0.3, -0.25) is 5.32 Å². The summed E-state index contributed by atoms with van der Waals surface area (Å²) in [5, 5.41) is 11.7. The van der Waals surface area contributed by atoms with Crippen molar-refractivity contribution in [3.63, 3.8) is 0 Å². The van der Waals surface area contributed by atoms with E-state index >= 15 is 0 Å². The lowest BCUT2D eigenvalue weighted by molar-refractivity contribution is 0.438. The molecule has 1 saturated heterocycles. The van der Waals surface area contributed by atoms with E-state index in [2.05, 4.69) is 22.1 Å². The van der Waals surface area contributed by atoms with Crippen LogP contribution in [-0.2, 0) is 0 Å². The van der Waals surface area contributed by atoms with Gasteiger partial charge >= 0.3 is 0 Å². The molecule has 1 fully saturated rings. The van der Waals surface area contributed by atoms with Crippen molar-refractivity contribution in [2.45, 2.75) is 19.8 Å². The lowest BCUT2D eigenvalue weighted by Gasteiger charge is -2.32. The average molecular weight is 306 g/mol. The highest BCUT2D eigenvalue weighted by molar-refractivity contribution is 8.13. The Morgan fingerprint density at radius 2 is 2.19 bits per heavy atom. The molecule has 0 unspecified atom stereocenters. The predicted molar refractivity (Wildman–Crippen MR) is 86.4 cm³/mol. The molecule has 6 heteroatoms. The van der Waals surface area contributed by atoms with Crippen LogP contribution in [0.5, 0.6) is 0 Å². The number of thioether (sulfide) groups is 1. The van der Waals surface area contributed by atoms with Crippen LogP contribution in [0.4, 0.5) is 15.8 Å². The molecule has 1 aliphatic heterocycles. The third kappa shape index (κ3) is 4.11. The van der Waals surface area contributed by atoms with Crippen molar-refractivity contribution in [1.82, 2.24) is 5.32 Å². The molecule has 1 aliphatic rings. The van der Waals surface area contributed by atoms with Crippen LogP contribution in [0.3, 0.4) is 0 Å². The maximum atomic E-state index is 13.5. The third-order valence-electron chi connectivity index (χ3n) is 3.64. The molecule has 0 atom stereocenters. The fourth-order valence-electron chi connectivity index (χ4n) is 2.38. The molecule has 112 valence electrons. The largest absolute Gasteiger partial charge is 0.370 e. The first-order valence-electron chi connectivity index (χ1n) is 6.96. The van der Waals surface area contributed by atoms with E-state index in [0.29, 0.717) is 10.9 Å². The van der Waals surface area contributed by atoms with Gasteiger partial charge < -0.3 is 4.90 Å². The quantitative estimate of drug-likeness (QED) is 0.393. The van der Waals surface area contributed by atoms with Crippen LogP contribution in [0.1, 0.15) is 19.8 Å². The smallest absolute Gasteiger partial charge is 0.183 e. The summed E-state index contributed by atoms with van der Waals surface area (Å²) >= 11 is 1.33. The van der Waals surface area contributed by atoms with Gasteiger partial charge in [0.1, 0.15) is 5.82 Å². The fraction of sp³-hybridized carbons (Fsp3) is 0.467. The molecule has 0 aliphatic carbocycles. The number of hydrogen-bond acceptors (Lipinski definition) is 4. The van der Waals surface area contributed by atoms with Crippen LogP contribution < -0.4 is 10.2 Å². The Bertz CT molecular complexity index is 559. The summed E-state index contributed by atoms with van der Waals surface area (Å²) < 4.78 is 13.5. The number of rotatable bonds is 2. The Hall–Kier alpha value is -1.74. The van der Waals surface area contributed by atoms with Crippen molar-refractivity contribution in [1.29, 1.82) is 5.26 Å². The highest BCUT2D eigenvalue weighted by Gasteiger charge is 2.19. The van der Waals surface area contributed by atoms with Gasteiger partial charge in [0.2, 0.25) is 0 Å². The number of benzene rings is 1. The van der Waals surface area contributed by atoms with Gasteiger partial charge in [0.05, 0.1) is 11.4 Å². The van der Waals surface area contributed by atoms with E-state index < -0.39 is 0 Å². The number of halogens is 1. The van der Waals surface area contributed by atoms with Crippen LogP contribution in [-0.4, -0.2) is 24.5 Å². The SMILES string of the molecule is CSC(=Nc1cc(F)ccc1N1CCC(C)CC1)NC#N. The second-order valence-electron chi connectivity index (χ2n) is 5.16. The summed E-state index contributed by atoms with van der Waals surface area (Å²) in [6.45, 7) is 4.16. The molecule has 0 aromatic heterocycles. The van der Waals surface area contributed by atoms with E-state index in [1.807, 2.05) is 12.4 Å². The monoisotopic (exact) mass is 306 g/mol. The standard InChI is InChI=1S/C15H19FN4S/c1-11-5-7-20(8-6-11)14-4-3-12(16)9-13(14)19-15(21-2)18-10-17/h3-4,9,11H,5-8H2,1-2H3,(H,18,19). The zero-order valence-electron chi connectivity index (χ0n) is 12.3. The lowest BCUT2D eigenvalue weighted by atomic mass is 9.98. The summed E-state index contributed by atoms with van der Waals surface area (Å²) in [4.78, 5) is 6.62. The van der Waals surface area contributed by atoms with Gasteiger partial charge in [0.15, 0.2) is 11.4 Å². The number of amidine groups is 1. The van der Waals surface area contributed by atoms with Gasteiger partial charge in [-0.1, -0.05) is 18.7 Å². The van der Waals surface area contributed by atoms with Crippen molar-refractivity contribution < 1.29 is 4.39 Å². The van der Waals surface area contributed by atoms with Crippen molar-refractivity contribution in [3.8, 4) is 6.19 Å². The molecular formula is C15H19FN4S.